The third kappa shape index (κ3) is 4.29. The summed E-state index contributed by atoms with van der Waals surface area (Å²) in [6, 6.07) is 7.08. The number of rotatable bonds is 7. The van der Waals surface area contributed by atoms with Gasteiger partial charge in [0.15, 0.2) is 11.2 Å². The van der Waals surface area contributed by atoms with E-state index in [0.717, 1.165) is 32.4 Å². The van der Waals surface area contributed by atoms with E-state index < -0.39 is 17.4 Å². The van der Waals surface area contributed by atoms with Crippen molar-refractivity contribution < 1.29 is 14.6 Å². The Balaban J connectivity index is 1.62. The van der Waals surface area contributed by atoms with Gasteiger partial charge in [-0.05, 0) is 43.5 Å². The lowest BCUT2D eigenvalue weighted by Crippen LogP contribution is -2.34. The number of aryl methyl sites for hydroxylation is 1. The van der Waals surface area contributed by atoms with Crippen molar-refractivity contribution in [3.05, 3.63) is 45.1 Å². The highest BCUT2D eigenvalue weighted by atomic mass is 16.5. The van der Waals surface area contributed by atoms with Gasteiger partial charge >= 0.3 is 5.69 Å². The van der Waals surface area contributed by atoms with Gasteiger partial charge < -0.3 is 24.0 Å². The SMILES string of the molecule is COc1ccc(OC[C@H](O)Cn2c(N3CCCCC3)nc3c2c(=O)[nH]c(=O)n3C)cc1. The number of H-pyrrole nitrogens is 1. The summed E-state index contributed by atoms with van der Waals surface area (Å²) in [7, 11) is 3.16. The molecule has 10 nitrogen and oxygen atoms in total. The van der Waals surface area contributed by atoms with Gasteiger partial charge in [-0.1, -0.05) is 0 Å². The van der Waals surface area contributed by atoms with Crippen molar-refractivity contribution in [2.45, 2.75) is 31.9 Å². The van der Waals surface area contributed by atoms with Crippen LogP contribution in [0, 0.1) is 0 Å². The Bertz CT molecular complexity index is 1160. The van der Waals surface area contributed by atoms with Crippen molar-refractivity contribution >= 4 is 17.1 Å². The summed E-state index contributed by atoms with van der Waals surface area (Å²) in [6.07, 6.45) is 2.32. The monoisotopic (exact) mass is 429 g/mol. The maximum atomic E-state index is 12.6. The summed E-state index contributed by atoms with van der Waals surface area (Å²) < 4.78 is 13.8. The van der Waals surface area contributed by atoms with Gasteiger partial charge in [0.05, 0.1) is 13.7 Å². The number of aromatic amines is 1. The lowest BCUT2D eigenvalue weighted by atomic mass is 10.1. The zero-order valence-corrected chi connectivity index (χ0v) is 17.7. The lowest BCUT2D eigenvalue weighted by Gasteiger charge is -2.28. The molecule has 0 aliphatic carbocycles. The van der Waals surface area contributed by atoms with E-state index >= 15 is 0 Å². The Morgan fingerprint density at radius 3 is 2.48 bits per heavy atom. The van der Waals surface area contributed by atoms with Crippen molar-refractivity contribution in [1.29, 1.82) is 0 Å². The number of aromatic nitrogens is 4. The highest BCUT2D eigenvalue weighted by Crippen LogP contribution is 2.24. The van der Waals surface area contributed by atoms with Gasteiger partial charge in [0.2, 0.25) is 5.95 Å². The highest BCUT2D eigenvalue weighted by molar-refractivity contribution is 5.74. The molecule has 166 valence electrons. The molecule has 1 aliphatic heterocycles. The van der Waals surface area contributed by atoms with Crippen molar-refractivity contribution in [1.82, 2.24) is 19.1 Å². The predicted octanol–water partition coefficient (Wildman–Crippen LogP) is 0.862. The van der Waals surface area contributed by atoms with Crippen LogP contribution in [0.25, 0.3) is 11.2 Å². The van der Waals surface area contributed by atoms with Crippen molar-refractivity contribution in [3.63, 3.8) is 0 Å². The summed E-state index contributed by atoms with van der Waals surface area (Å²) in [4.78, 5) is 33.7. The molecule has 0 radical (unpaired) electrons. The number of fused-ring (bicyclic) bond motifs is 1. The van der Waals surface area contributed by atoms with Gasteiger partial charge in [-0.25, -0.2) is 4.79 Å². The third-order valence-corrected chi connectivity index (χ3v) is 5.52. The van der Waals surface area contributed by atoms with Crippen molar-refractivity contribution in [2.24, 2.45) is 7.05 Å². The second-order valence-electron chi connectivity index (χ2n) is 7.70. The molecule has 2 aromatic heterocycles. The molecular formula is C21H27N5O5. The van der Waals surface area contributed by atoms with Crippen molar-refractivity contribution in [3.8, 4) is 11.5 Å². The molecule has 31 heavy (non-hydrogen) atoms. The molecule has 1 aliphatic rings. The second kappa shape index (κ2) is 8.84. The first kappa shape index (κ1) is 21.0. The number of hydrogen-bond acceptors (Lipinski definition) is 7. The standard InChI is InChI=1S/C21H27N5O5/c1-24-18-17(19(28)23-21(24)29)26(20(22-18)25-10-4-3-5-11-25)12-14(27)13-31-16-8-6-15(30-2)7-9-16/h6-9,14,27H,3-5,10-13H2,1-2H3,(H,23,28,29)/t14-/m1/s1. The fourth-order valence-corrected chi connectivity index (χ4v) is 3.86. The van der Waals surface area contributed by atoms with E-state index in [4.69, 9.17) is 9.47 Å². The molecule has 3 aromatic rings. The van der Waals surface area contributed by atoms with E-state index in [2.05, 4.69) is 14.9 Å². The second-order valence-corrected chi connectivity index (χ2v) is 7.70. The fraction of sp³-hybridized carbons (Fsp3) is 0.476. The van der Waals surface area contributed by atoms with Crippen LogP contribution in [0.2, 0.25) is 0 Å². The number of ether oxygens (including phenoxy) is 2. The van der Waals surface area contributed by atoms with Crippen LogP contribution in [0.15, 0.2) is 33.9 Å². The number of hydrogen-bond donors (Lipinski definition) is 2. The Hall–Kier alpha value is -3.27. The molecule has 0 unspecified atom stereocenters. The molecule has 0 saturated carbocycles. The zero-order chi connectivity index (χ0) is 22.0. The largest absolute Gasteiger partial charge is 0.497 e. The van der Waals surface area contributed by atoms with Crippen LogP contribution in [0.1, 0.15) is 19.3 Å². The first-order valence-corrected chi connectivity index (χ1v) is 10.4. The average molecular weight is 429 g/mol. The summed E-state index contributed by atoms with van der Waals surface area (Å²) in [5.41, 5.74) is -0.461. The summed E-state index contributed by atoms with van der Waals surface area (Å²) in [5, 5.41) is 10.7. The Morgan fingerprint density at radius 1 is 1.13 bits per heavy atom. The van der Waals surface area contributed by atoms with E-state index in [-0.39, 0.29) is 18.7 Å². The molecule has 1 saturated heterocycles. The zero-order valence-electron chi connectivity index (χ0n) is 17.7. The minimum atomic E-state index is -0.889. The molecule has 1 aromatic carbocycles. The molecule has 10 heteroatoms. The summed E-state index contributed by atoms with van der Waals surface area (Å²) in [5.74, 6) is 1.91. The Morgan fingerprint density at radius 2 is 1.81 bits per heavy atom. The summed E-state index contributed by atoms with van der Waals surface area (Å²) >= 11 is 0. The maximum absolute atomic E-state index is 12.6. The first-order chi connectivity index (χ1) is 15.0. The number of imidazole rings is 1. The first-order valence-electron chi connectivity index (χ1n) is 10.4. The van der Waals surface area contributed by atoms with Gasteiger partial charge in [0.1, 0.15) is 24.2 Å². The Labute approximate surface area is 178 Å². The van der Waals surface area contributed by atoms with E-state index in [0.29, 0.717) is 23.1 Å². The molecule has 2 N–H and O–H groups in total. The van der Waals surface area contributed by atoms with Crippen LogP contribution in [0.3, 0.4) is 0 Å². The van der Waals surface area contributed by atoms with Crippen molar-refractivity contribution in [2.75, 3.05) is 31.7 Å². The summed E-state index contributed by atoms with van der Waals surface area (Å²) in [6.45, 7) is 1.77. The van der Waals surface area contributed by atoms with Gasteiger partial charge in [-0.15, -0.1) is 0 Å². The topological polar surface area (TPSA) is 115 Å². The molecule has 0 amide bonds. The van der Waals surface area contributed by atoms with Crippen LogP contribution in [-0.4, -0.2) is 57.1 Å². The van der Waals surface area contributed by atoms with E-state index in [1.165, 1.54) is 4.57 Å². The molecule has 4 rings (SSSR count). The van der Waals surface area contributed by atoms with Crippen LogP contribution in [-0.2, 0) is 13.6 Å². The van der Waals surface area contributed by atoms with Crippen LogP contribution in [0.5, 0.6) is 11.5 Å². The number of nitrogens with one attached hydrogen (secondary N) is 1. The van der Waals surface area contributed by atoms with E-state index in [1.54, 1.807) is 43.0 Å². The molecule has 0 bridgehead atoms. The maximum Gasteiger partial charge on any atom is 0.329 e. The van der Waals surface area contributed by atoms with Crippen LogP contribution < -0.4 is 25.6 Å². The van der Waals surface area contributed by atoms with Crippen LogP contribution in [0.4, 0.5) is 5.95 Å². The normalized spacial score (nSPS) is 15.3. The number of anilines is 1. The van der Waals surface area contributed by atoms with Gasteiger partial charge in [0, 0.05) is 20.1 Å². The minimum absolute atomic E-state index is 0.0368. The van der Waals surface area contributed by atoms with Gasteiger partial charge in [0.25, 0.3) is 5.56 Å². The number of piperidine rings is 1. The van der Waals surface area contributed by atoms with E-state index in [1.807, 2.05) is 0 Å². The number of benzene rings is 1. The molecule has 1 atom stereocenters. The minimum Gasteiger partial charge on any atom is -0.497 e. The van der Waals surface area contributed by atoms with Gasteiger partial charge in [-0.3, -0.25) is 14.3 Å². The number of aliphatic hydroxyl groups is 1. The smallest absolute Gasteiger partial charge is 0.329 e. The number of methoxy groups -OCH3 is 1. The fourth-order valence-electron chi connectivity index (χ4n) is 3.86. The molecule has 3 heterocycles. The number of aliphatic hydroxyl groups excluding tert-OH is 1. The Kier molecular flexibility index (Phi) is 5.99. The average Bonchev–Trinajstić information content (AvgIpc) is 3.17. The molecular weight excluding hydrogens is 402 g/mol. The quantitative estimate of drug-likeness (QED) is 0.573. The van der Waals surface area contributed by atoms with E-state index in [9.17, 15) is 14.7 Å². The van der Waals surface area contributed by atoms with Gasteiger partial charge in [-0.2, -0.15) is 4.98 Å². The predicted molar refractivity (Wildman–Crippen MR) is 116 cm³/mol. The molecule has 1 fully saturated rings. The highest BCUT2D eigenvalue weighted by Gasteiger charge is 2.24. The van der Waals surface area contributed by atoms with Crippen LogP contribution >= 0.6 is 0 Å². The lowest BCUT2D eigenvalue weighted by molar-refractivity contribution is 0.0936. The number of nitrogens with zero attached hydrogens (tertiary/aromatic N) is 4. The third-order valence-electron chi connectivity index (χ3n) is 5.52. The molecule has 0 spiro atoms.